The number of amides is 2. The van der Waals surface area contributed by atoms with Crippen molar-refractivity contribution in [3.8, 4) is 0 Å². The first kappa shape index (κ1) is 22.1. The molecular formula is C19H15BrF3N5O3S. The van der Waals surface area contributed by atoms with Gasteiger partial charge in [0.2, 0.25) is 0 Å². The van der Waals surface area contributed by atoms with E-state index in [0.29, 0.717) is 15.0 Å². The molecular weight excluding hydrogens is 515 g/mol. The van der Waals surface area contributed by atoms with Gasteiger partial charge < -0.3 is 15.6 Å². The summed E-state index contributed by atoms with van der Waals surface area (Å²) in [6, 6.07) is 6.13. The molecule has 0 bridgehead atoms. The number of alkyl halides is 3. The molecule has 0 radical (unpaired) electrons. The molecule has 4 aromatic rings. The average molecular weight is 530 g/mol. The normalized spacial score (nSPS) is 11.9. The Hall–Kier alpha value is -3.06. The number of thiophene rings is 1. The number of carbonyl (C=O) groups is 2. The monoisotopic (exact) mass is 529 g/mol. The summed E-state index contributed by atoms with van der Waals surface area (Å²) < 4.78 is 41.6. The second-order valence-corrected chi connectivity index (χ2v) is 9.40. The molecule has 32 heavy (non-hydrogen) atoms. The van der Waals surface area contributed by atoms with Crippen molar-refractivity contribution in [2.45, 2.75) is 12.7 Å². The Bertz CT molecular complexity index is 1450. The summed E-state index contributed by atoms with van der Waals surface area (Å²) in [5, 5.41) is 5.38. The zero-order valence-corrected chi connectivity index (χ0v) is 19.0. The van der Waals surface area contributed by atoms with Gasteiger partial charge in [0, 0.05) is 19.5 Å². The SMILES string of the molecule is CNC(=O)c1c(NC(=O)c2ccc(Br)s2)[nH]c2cc3c(cc12)n(CC(F)(F)F)c(=O)n3C. The largest absolute Gasteiger partial charge is 0.406 e. The lowest BCUT2D eigenvalue weighted by Crippen LogP contribution is -2.28. The maximum absolute atomic E-state index is 13.1. The van der Waals surface area contributed by atoms with Crippen molar-refractivity contribution >= 4 is 66.8 Å². The predicted octanol–water partition coefficient (Wildman–Crippen LogP) is 3.82. The van der Waals surface area contributed by atoms with Crippen molar-refractivity contribution in [1.29, 1.82) is 0 Å². The number of rotatable bonds is 4. The van der Waals surface area contributed by atoms with E-state index in [1.54, 1.807) is 12.1 Å². The van der Waals surface area contributed by atoms with Gasteiger partial charge in [-0.05, 0) is 40.2 Å². The molecule has 4 rings (SSSR count). The van der Waals surface area contributed by atoms with Gasteiger partial charge in [-0.25, -0.2) is 4.79 Å². The lowest BCUT2D eigenvalue weighted by atomic mass is 10.1. The molecule has 3 N–H and O–H groups in total. The Morgan fingerprint density at radius 2 is 1.91 bits per heavy atom. The average Bonchev–Trinajstić information content (AvgIpc) is 3.36. The first-order chi connectivity index (χ1) is 15.0. The molecule has 3 aromatic heterocycles. The Labute approximate surface area is 190 Å². The number of aryl methyl sites for hydroxylation is 1. The summed E-state index contributed by atoms with van der Waals surface area (Å²) in [5.41, 5.74) is -0.145. The highest BCUT2D eigenvalue weighted by Crippen LogP contribution is 2.32. The third-order valence-electron chi connectivity index (χ3n) is 4.89. The molecule has 0 saturated carbocycles. The van der Waals surface area contributed by atoms with E-state index in [2.05, 4.69) is 31.5 Å². The van der Waals surface area contributed by atoms with Crippen LogP contribution >= 0.6 is 27.3 Å². The van der Waals surface area contributed by atoms with Crippen LogP contribution in [0.4, 0.5) is 19.0 Å². The minimum atomic E-state index is -4.61. The topological polar surface area (TPSA) is 101 Å². The zero-order chi connectivity index (χ0) is 23.4. The molecule has 0 fully saturated rings. The number of aromatic nitrogens is 3. The van der Waals surface area contributed by atoms with E-state index in [4.69, 9.17) is 0 Å². The molecule has 0 aliphatic rings. The van der Waals surface area contributed by atoms with E-state index in [0.717, 1.165) is 8.35 Å². The van der Waals surface area contributed by atoms with Crippen LogP contribution in [-0.4, -0.2) is 39.2 Å². The van der Waals surface area contributed by atoms with Gasteiger partial charge in [-0.15, -0.1) is 11.3 Å². The minimum Gasteiger partial charge on any atom is -0.355 e. The molecule has 0 atom stereocenters. The van der Waals surface area contributed by atoms with Crippen LogP contribution in [0, 0.1) is 0 Å². The molecule has 3 heterocycles. The van der Waals surface area contributed by atoms with E-state index in [9.17, 15) is 27.6 Å². The van der Waals surface area contributed by atoms with Crippen LogP contribution in [0.25, 0.3) is 21.9 Å². The number of nitrogens with one attached hydrogen (secondary N) is 3. The van der Waals surface area contributed by atoms with Crippen LogP contribution in [-0.2, 0) is 13.6 Å². The van der Waals surface area contributed by atoms with Gasteiger partial charge in [0.15, 0.2) is 0 Å². The van der Waals surface area contributed by atoms with E-state index in [-0.39, 0.29) is 27.8 Å². The van der Waals surface area contributed by atoms with Crippen LogP contribution in [0.15, 0.2) is 32.8 Å². The summed E-state index contributed by atoms with van der Waals surface area (Å²) in [5.74, 6) is -0.927. The quantitative estimate of drug-likeness (QED) is 0.374. The number of anilines is 1. The van der Waals surface area contributed by atoms with Crippen molar-refractivity contribution in [3.63, 3.8) is 0 Å². The number of nitrogens with zero attached hydrogens (tertiary/aromatic N) is 2. The lowest BCUT2D eigenvalue weighted by molar-refractivity contribution is -0.140. The summed E-state index contributed by atoms with van der Waals surface area (Å²) in [4.78, 5) is 40.9. The highest BCUT2D eigenvalue weighted by molar-refractivity contribution is 9.11. The van der Waals surface area contributed by atoms with Crippen LogP contribution in [0.1, 0.15) is 20.0 Å². The lowest BCUT2D eigenvalue weighted by Gasteiger charge is -2.07. The molecule has 2 amide bonds. The fourth-order valence-electron chi connectivity index (χ4n) is 3.49. The van der Waals surface area contributed by atoms with E-state index in [1.807, 2.05) is 0 Å². The fraction of sp³-hybridized carbons (Fsp3) is 0.211. The Morgan fingerprint density at radius 1 is 1.19 bits per heavy atom. The number of carbonyl (C=O) groups excluding carboxylic acids is 2. The maximum Gasteiger partial charge on any atom is 0.406 e. The highest BCUT2D eigenvalue weighted by atomic mass is 79.9. The second-order valence-electron chi connectivity index (χ2n) is 6.94. The van der Waals surface area contributed by atoms with Crippen LogP contribution in [0.3, 0.4) is 0 Å². The number of hydrogen-bond acceptors (Lipinski definition) is 4. The maximum atomic E-state index is 13.1. The number of fused-ring (bicyclic) bond motifs is 2. The molecule has 0 aliphatic carbocycles. The summed E-state index contributed by atoms with van der Waals surface area (Å²) in [6.07, 6.45) is -4.61. The van der Waals surface area contributed by atoms with Gasteiger partial charge in [0.1, 0.15) is 12.4 Å². The van der Waals surface area contributed by atoms with E-state index < -0.39 is 30.2 Å². The third-order valence-corrected chi connectivity index (χ3v) is 6.51. The van der Waals surface area contributed by atoms with Gasteiger partial charge in [0.25, 0.3) is 11.8 Å². The molecule has 0 saturated heterocycles. The summed E-state index contributed by atoms with van der Waals surface area (Å²) in [7, 11) is 2.76. The van der Waals surface area contributed by atoms with Crippen molar-refractivity contribution in [1.82, 2.24) is 19.4 Å². The van der Waals surface area contributed by atoms with Gasteiger partial charge in [-0.3, -0.25) is 18.7 Å². The van der Waals surface area contributed by atoms with Gasteiger partial charge >= 0.3 is 11.9 Å². The molecule has 0 unspecified atom stereocenters. The fourth-order valence-corrected chi connectivity index (χ4v) is 4.77. The van der Waals surface area contributed by atoms with Crippen molar-refractivity contribution in [2.75, 3.05) is 12.4 Å². The van der Waals surface area contributed by atoms with Crippen molar-refractivity contribution < 1.29 is 22.8 Å². The van der Waals surface area contributed by atoms with Gasteiger partial charge in [-0.1, -0.05) is 0 Å². The molecule has 0 spiro atoms. The predicted molar refractivity (Wildman–Crippen MR) is 118 cm³/mol. The number of aromatic amines is 1. The smallest absolute Gasteiger partial charge is 0.355 e. The minimum absolute atomic E-state index is 0.0199. The molecule has 8 nitrogen and oxygen atoms in total. The third kappa shape index (κ3) is 3.81. The van der Waals surface area contributed by atoms with Crippen molar-refractivity contribution in [3.05, 3.63) is 49.0 Å². The van der Waals surface area contributed by atoms with Crippen LogP contribution in [0.2, 0.25) is 0 Å². The van der Waals surface area contributed by atoms with E-state index in [1.165, 1.54) is 37.6 Å². The number of imidazole rings is 1. The number of hydrogen-bond donors (Lipinski definition) is 3. The van der Waals surface area contributed by atoms with Crippen LogP contribution < -0.4 is 16.3 Å². The number of halogens is 4. The number of benzene rings is 1. The Balaban J connectivity index is 1.92. The highest BCUT2D eigenvalue weighted by Gasteiger charge is 2.31. The Kier molecular flexibility index (Phi) is 5.41. The first-order valence-corrected chi connectivity index (χ1v) is 10.7. The molecule has 0 aliphatic heterocycles. The second kappa shape index (κ2) is 7.81. The number of H-pyrrole nitrogens is 1. The van der Waals surface area contributed by atoms with Crippen molar-refractivity contribution in [2.24, 2.45) is 7.05 Å². The molecule has 13 heteroatoms. The van der Waals surface area contributed by atoms with Gasteiger partial charge in [0.05, 0.1) is 30.8 Å². The molecule has 168 valence electrons. The Morgan fingerprint density at radius 3 is 2.50 bits per heavy atom. The first-order valence-electron chi connectivity index (χ1n) is 9.10. The summed E-state index contributed by atoms with van der Waals surface area (Å²) in [6.45, 7) is -1.47. The van der Waals surface area contributed by atoms with Gasteiger partial charge in [-0.2, -0.15) is 13.2 Å². The summed E-state index contributed by atoms with van der Waals surface area (Å²) >= 11 is 4.48. The zero-order valence-electron chi connectivity index (χ0n) is 16.6. The standard InChI is InChI=1S/C19H15BrF3N5O3S/c1-24-17(30)14-8-5-11-10(27(2)18(31)28(11)7-19(21,22)23)6-9(8)25-15(14)26-16(29)12-3-4-13(20)32-12/h3-6,25H,7H2,1-2H3,(H,24,30)(H,26,29). The molecule has 1 aromatic carbocycles. The van der Waals surface area contributed by atoms with E-state index >= 15 is 0 Å². The van der Waals surface area contributed by atoms with Crippen LogP contribution in [0.5, 0.6) is 0 Å².